The van der Waals surface area contributed by atoms with Gasteiger partial charge in [-0.05, 0) is 13.3 Å². The Bertz CT molecular complexity index is 191. The van der Waals surface area contributed by atoms with E-state index in [1.807, 2.05) is 13.8 Å². The second-order valence-electron chi connectivity index (χ2n) is 2.93. The van der Waals surface area contributed by atoms with Gasteiger partial charge >= 0.3 is 0 Å². The first-order valence-electron chi connectivity index (χ1n) is 4.18. The van der Waals surface area contributed by atoms with E-state index >= 15 is 0 Å². The van der Waals surface area contributed by atoms with Gasteiger partial charge in [-0.15, -0.1) is 0 Å². The SMILES string of the molecule is CCCN(C=O)C1CC(C)=NO1. The number of carbonyl (C=O) groups excluding carboxylic acids is 1. The summed E-state index contributed by atoms with van der Waals surface area (Å²) in [5, 5.41) is 3.78. The molecule has 12 heavy (non-hydrogen) atoms. The van der Waals surface area contributed by atoms with Crippen molar-refractivity contribution >= 4 is 12.1 Å². The lowest BCUT2D eigenvalue weighted by atomic mass is 10.2. The van der Waals surface area contributed by atoms with Gasteiger partial charge in [-0.2, -0.15) is 0 Å². The molecule has 0 aromatic carbocycles. The normalized spacial score (nSPS) is 21.5. The lowest BCUT2D eigenvalue weighted by Crippen LogP contribution is -2.34. The summed E-state index contributed by atoms with van der Waals surface area (Å²) in [6.45, 7) is 4.66. The maximum absolute atomic E-state index is 10.6. The number of hydrogen-bond donors (Lipinski definition) is 0. The predicted molar refractivity (Wildman–Crippen MR) is 45.7 cm³/mol. The molecule has 0 aromatic rings. The van der Waals surface area contributed by atoms with Gasteiger partial charge in [-0.1, -0.05) is 12.1 Å². The monoisotopic (exact) mass is 170 g/mol. The van der Waals surface area contributed by atoms with Crippen molar-refractivity contribution in [1.29, 1.82) is 0 Å². The molecule has 1 aliphatic rings. The maximum atomic E-state index is 10.6. The van der Waals surface area contributed by atoms with Gasteiger partial charge in [-0.25, -0.2) is 0 Å². The van der Waals surface area contributed by atoms with E-state index in [0.717, 1.165) is 31.5 Å². The zero-order valence-electron chi connectivity index (χ0n) is 7.49. The van der Waals surface area contributed by atoms with Crippen molar-refractivity contribution in [2.24, 2.45) is 5.16 Å². The van der Waals surface area contributed by atoms with E-state index in [0.29, 0.717) is 0 Å². The molecule has 68 valence electrons. The third-order valence-corrected chi connectivity index (χ3v) is 1.79. The zero-order valence-corrected chi connectivity index (χ0v) is 7.49. The van der Waals surface area contributed by atoms with Crippen molar-refractivity contribution in [2.75, 3.05) is 6.54 Å². The van der Waals surface area contributed by atoms with Crippen molar-refractivity contribution in [3.05, 3.63) is 0 Å². The number of nitrogens with zero attached hydrogens (tertiary/aromatic N) is 2. The molecule has 1 rings (SSSR count). The molecule has 0 saturated carbocycles. The summed E-state index contributed by atoms with van der Waals surface area (Å²) in [4.78, 5) is 17.3. The Labute approximate surface area is 72.2 Å². The van der Waals surface area contributed by atoms with Crippen molar-refractivity contribution in [1.82, 2.24) is 4.90 Å². The van der Waals surface area contributed by atoms with Crippen LogP contribution in [0, 0.1) is 0 Å². The van der Waals surface area contributed by atoms with Crippen LogP contribution in [0.1, 0.15) is 26.7 Å². The summed E-state index contributed by atoms with van der Waals surface area (Å²) < 4.78 is 0. The van der Waals surface area contributed by atoms with E-state index in [1.54, 1.807) is 4.90 Å². The number of rotatable bonds is 4. The highest BCUT2D eigenvalue weighted by Gasteiger charge is 2.23. The third kappa shape index (κ3) is 1.96. The highest BCUT2D eigenvalue weighted by atomic mass is 16.7. The second-order valence-corrected chi connectivity index (χ2v) is 2.93. The summed E-state index contributed by atoms with van der Waals surface area (Å²) in [6, 6.07) is 0. The highest BCUT2D eigenvalue weighted by Crippen LogP contribution is 2.13. The van der Waals surface area contributed by atoms with Gasteiger partial charge in [0, 0.05) is 13.0 Å². The molecule has 1 amide bonds. The first kappa shape index (κ1) is 9.03. The molecule has 0 saturated heterocycles. The largest absolute Gasteiger partial charge is 0.370 e. The van der Waals surface area contributed by atoms with E-state index in [-0.39, 0.29) is 6.23 Å². The molecule has 0 N–H and O–H groups in total. The predicted octanol–water partition coefficient (Wildman–Crippen LogP) is 0.977. The van der Waals surface area contributed by atoms with Crippen molar-refractivity contribution in [2.45, 2.75) is 32.9 Å². The Morgan fingerprint density at radius 2 is 2.58 bits per heavy atom. The van der Waals surface area contributed by atoms with Gasteiger partial charge in [0.1, 0.15) is 0 Å². The van der Waals surface area contributed by atoms with Gasteiger partial charge in [0.05, 0.1) is 5.71 Å². The maximum Gasteiger partial charge on any atom is 0.212 e. The minimum absolute atomic E-state index is 0.164. The van der Waals surface area contributed by atoms with E-state index in [4.69, 9.17) is 4.84 Å². The summed E-state index contributed by atoms with van der Waals surface area (Å²) in [6.07, 6.45) is 2.33. The Hall–Kier alpha value is -1.06. The molecule has 1 atom stereocenters. The number of carbonyl (C=O) groups is 1. The summed E-state index contributed by atoms with van der Waals surface area (Å²) in [7, 11) is 0. The number of amides is 1. The summed E-state index contributed by atoms with van der Waals surface area (Å²) >= 11 is 0. The Morgan fingerprint density at radius 1 is 1.83 bits per heavy atom. The molecule has 0 aromatic heterocycles. The fourth-order valence-electron chi connectivity index (χ4n) is 1.18. The Kier molecular flexibility index (Phi) is 3.08. The van der Waals surface area contributed by atoms with Crippen LogP contribution in [0.5, 0.6) is 0 Å². The molecule has 4 heteroatoms. The van der Waals surface area contributed by atoms with Gasteiger partial charge in [0.25, 0.3) is 0 Å². The molecule has 0 spiro atoms. The van der Waals surface area contributed by atoms with Crippen molar-refractivity contribution in [3.8, 4) is 0 Å². The standard InChI is InChI=1S/C8H14N2O2/c1-3-4-10(6-11)8-5-7(2)9-12-8/h6,8H,3-5H2,1-2H3. The molecule has 0 aliphatic carbocycles. The van der Waals surface area contributed by atoms with Crippen LogP contribution in [0.15, 0.2) is 5.16 Å². The van der Waals surface area contributed by atoms with E-state index in [1.165, 1.54) is 0 Å². The van der Waals surface area contributed by atoms with Crippen LogP contribution in [0.4, 0.5) is 0 Å². The molecule has 1 aliphatic heterocycles. The minimum atomic E-state index is -0.164. The quantitative estimate of drug-likeness (QED) is 0.590. The van der Waals surface area contributed by atoms with Crippen LogP contribution in [0.3, 0.4) is 0 Å². The number of oxime groups is 1. The van der Waals surface area contributed by atoms with Gasteiger partial charge in [-0.3, -0.25) is 4.79 Å². The summed E-state index contributed by atoms with van der Waals surface area (Å²) in [5.74, 6) is 0. The second kappa shape index (κ2) is 4.09. The minimum Gasteiger partial charge on any atom is -0.370 e. The fourth-order valence-corrected chi connectivity index (χ4v) is 1.18. The first-order chi connectivity index (χ1) is 5.77. The van der Waals surface area contributed by atoms with Crippen LogP contribution >= 0.6 is 0 Å². The van der Waals surface area contributed by atoms with E-state index in [9.17, 15) is 4.79 Å². The van der Waals surface area contributed by atoms with Crippen LogP contribution in [0.25, 0.3) is 0 Å². The van der Waals surface area contributed by atoms with Crippen LogP contribution < -0.4 is 0 Å². The summed E-state index contributed by atoms with van der Waals surface area (Å²) in [5.41, 5.74) is 0.947. The van der Waals surface area contributed by atoms with Crippen LogP contribution in [0.2, 0.25) is 0 Å². The van der Waals surface area contributed by atoms with Crippen molar-refractivity contribution < 1.29 is 9.63 Å². The van der Waals surface area contributed by atoms with Crippen LogP contribution in [-0.4, -0.2) is 29.8 Å². The highest BCUT2D eigenvalue weighted by molar-refractivity contribution is 5.83. The molecule has 1 unspecified atom stereocenters. The number of hydrogen-bond acceptors (Lipinski definition) is 3. The van der Waals surface area contributed by atoms with E-state index < -0.39 is 0 Å². The average Bonchev–Trinajstić information content (AvgIpc) is 2.47. The fraction of sp³-hybridized carbons (Fsp3) is 0.750. The van der Waals surface area contributed by atoms with E-state index in [2.05, 4.69) is 5.16 Å². The molecule has 0 fully saturated rings. The molecule has 1 heterocycles. The van der Waals surface area contributed by atoms with Crippen LogP contribution in [-0.2, 0) is 9.63 Å². The first-order valence-corrected chi connectivity index (χ1v) is 4.18. The average molecular weight is 170 g/mol. The molecular weight excluding hydrogens is 156 g/mol. The zero-order chi connectivity index (χ0) is 8.97. The topological polar surface area (TPSA) is 41.9 Å². The van der Waals surface area contributed by atoms with Gasteiger partial charge in [0.2, 0.25) is 12.6 Å². The Morgan fingerprint density at radius 3 is 3.00 bits per heavy atom. The molecule has 0 bridgehead atoms. The molecular formula is C8H14N2O2. The lowest BCUT2D eigenvalue weighted by molar-refractivity contribution is -0.130. The smallest absolute Gasteiger partial charge is 0.212 e. The molecule has 0 radical (unpaired) electrons. The lowest BCUT2D eigenvalue weighted by Gasteiger charge is -2.21. The molecule has 4 nitrogen and oxygen atoms in total. The Balaban J connectivity index is 2.41. The van der Waals surface area contributed by atoms with Crippen molar-refractivity contribution in [3.63, 3.8) is 0 Å². The third-order valence-electron chi connectivity index (χ3n) is 1.79. The van der Waals surface area contributed by atoms with Gasteiger partial charge in [0.15, 0.2) is 0 Å². The van der Waals surface area contributed by atoms with Gasteiger partial charge < -0.3 is 9.74 Å².